The van der Waals surface area contributed by atoms with Gasteiger partial charge in [0.15, 0.2) is 5.76 Å². The van der Waals surface area contributed by atoms with Crippen molar-refractivity contribution in [2.24, 2.45) is 28.6 Å². The Morgan fingerprint density at radius 2 is 1.89 bits per heavy atom. The Kier molecular flexibility index (Phi) is 5.68. The minimum absolute atomic E-state index is 0.00383. The van der Waals surface area contributed by atoms with Crippen LogP contribution in [0.5, 0.6) is 0 Å². The van der Waals surface area contributed by atoms with E-state index in [4.69, 9.17) is 18.9 Å². The highest BCUT2D eigenvalue weighted by Gasteiger charge is 2.84. The Labute approximate surface area is 213 Å². The van der Waals surface area contributed by atoms with Crippen molar-refractivity contribution in [1.82, 2.24) is 0 Å². The van der Waals surface area contributed by atoms with Crippen molar-refractivity contribution in [3.8, 4) is 0 Å². The summed E-state index contributed by atoms with van der Waals surface area (Å²) in [6.45, 7) is 6.64. The number of aliphatic hydroxyl groups excluding tert-OH is 3. The van der Waals surface area contributed by atoms with Gasteiger partial charge in [0, 0.05) is 35.2 Å². The number of aliphatic hydroxyl groups is 3. The van der Waals surface area contributed by atoms with Crippen LogP contribution in [0.15, 0.2) is 23.0 Å². The highest BCUT2D eigenvalue weighted by atomic mass is 16.6. The Morgan fingerprint density at radius 1 is 1.22 bits per heavy atom. The monoisotopic (exact) mass is 520 g/mol. The number of carbonyl (C=O) groups is 4. The van der Waals surface area contributed by atoms with E-state index >= 15 is 0 Å². The number of carbonyl (C=O) groups excluding carboxylic acids is 4. The number of allylic oxidation sites excluding steroid dienone is 2. The van der Waals surface area contributed by atoms with Crippen molar-refractivity contribution in [3.05, 3.63) is 23.0 Å². The molecule has 0 radical (unpaired) electrons. The normalized spacial score (nSPS) is 44.1. The van der Waals surface area contributed by atoms with Gasteiger partial charge in [-0.25, -0.2) is 9.59 Å². The Balaban J connectivity index is 1.75. The van der Waals surface area contributed by atoms with E-state index in [2.05, 4.69) is 0 Å². The molecule has 0 amide bonds. The zero-order valence-corrected chi connectivity index (χ0v) is 21.3. The summed E-state index contributed by atoms with van der Waals surface area (Å²) in [6, 6.07) is 0. The fraction of sp³-hybridized carbons (Fsp3) is 0.692. The summed E-state index contributed by atoms with van der Waals surface area (Å²) in [6.07, 6.45) is -4.68. The topological polar surface area (TPSA) is 166 Å². The highest BCUT2D eigenvalue weighted by molar-refractivity contribution is 6.08. The number of rotatable bonds is 4. The van der Waals surface area contributed by atoms with Crippen LogP contribution in [0.1, 0.15) is 40.5 Å². The van der Waals surface area contributed by atoms with Crippen molar-refractivity contribution in [1.29, 1.82) is 0 Å². The molecule has 2 heterocycles. The van der Waals surface area contributed by atoms with E-state index < -0.39 is 82.1 Å². The number of esters is 3. The predicted octanol–water partition coefficient (Wildman–Crippen LogP) is 0.517. The average molecular weight is 521 g/mol. The minimum Gasteiger partial charge on any atom is -0.504 e. The van der Waals surface area contributed by atoms with E-state index in [1.165, 1.54) is 6.08 Å². The van der Waals surface area contributed by atoms with Crippen LogP contribution in [-0.4, -0.2) is 82.7 Å². The maximum Gasteiger partial charge on any atom is 0.348 e. The van der Waals surface area contributed by atoms with Crippen LogP contribution in [0.4, 0.5) is 0 Å². The van der Waals surface area contributed by atoms with E-state index in [9.17, 15) is 34.5 Å². The first-order valence-electron chi connectivity index (χ1n) is 12.4. The molecule has 3 N–H and O–H groups in total. The van der Waals surface area contributed by atoms with E-state index in [-0.39, 0.29) is 30.9 Å². The molecular formula is C26H32O11. The predicted molar refractivity (Wildman–Crippen MR) is 122 cm³/mol. The van der Waals surface area contributed by atoms with Gasteiger partial charge in [0.2, 0.25) is 17.5 Å². The Morgan fingerprint density at radius 3 is 2.51 bits per heavy atom. The lowest BCUT2D eigenvalue weighted by Gasteiger charge is -2.65. The van der Waals surface area contributed by atoms with Crippen molar-refractivity contribution < 1.29 is 53.4 Å². The summed E-state index contributed by atoms with van der Waals surface area (Å²) in [7, 11) is 1.09. The molecule has 9 atom stereocenters. The first-order valence-corrected chi connectivity index (χ1v) is 12.4. The SMILES string of the molecule is COC(=O)[C@]12OC[C@@]34[C@H]1C(OC(=O)CC(C)C)C(=O)O[C@@H]3CC1=C(C)C(=O)C(O)=C[C@]1(C)[C@H]4C(O)C2O. The van der Waals surface area contributed by atoms with E-state index in [0.29, 0.717) is 5.57 Å². The Bertz CT molecular complexity index is 1150. The summed E-state index contributed by atoms with van der Waals surface area (Å²) < 4.78 is 22.5. The van der Waals surface area contributed by atoms with Gasteiger partial charge in [-0.2, -0.15) is 0 Å². The number of hydrogen-bond donors (Lipinski definition) is 3. The number of ketones is 1. The lowest BCUT2D eigenvalue weighted by Crippen LogP contribution is -2.78. The lowest BCUT2D eigenvalue weighted by molar-refractivity contribution is -0.273. The molecule has 202 valence electrons. The second-order valence-corrected chi connectivity index (χ2v) is 11.5. The number of fused-ring (bicyclic) bond motifs is 2. The van der Waals surface area contributed by atoms with Crippen LogP contribution in [0, 0.1) is 28.6 Å². The van der Waals surface area contributed by atoms with Gasteiger partial charge in [-0.1, -0.05) is 20.8 Å². The van der Waals surface area contributed by atoms with Crippen molar-refractivity contribution in [3.63, 3.8) is 0 Å². The molecule has 4 fully saturated rings. The van der Waals surface area contributed by atoms with Gasteiger partial charge in [-0.15, -0.1) is 0 Å². The van der Waals surface area contributed by atoms with Crippen LogP contribution in [0.25, 0.3) is 0 Å². The number of ether oxygens (including phenoxy) is 4. The van der Waals surface area contributed by atoms with Crippen molar-refractivity contribution in [2.75, 3.05) is 13.7 Å². The zero-order valence-electron chi connectivity index (χ0n) is 21.3. The van der Waals surface area contributed by atoms with Crippen LogP contribution in [-0.2, 0) is 38.1 Å². The maximum absolute atomic E-state index is 13.4. The smallest absolute Gasteiger partial charge is 0.348 e. The molecule has 37 heavy (non-hydrogen) atoms. The summed E-state index contributed by atoms with van der Waals surface area (Å²) in [5.74, 6) is -6.03. The second-order valence-electron chi connectivity index (χ2n) is 11.5. The molecule has 11 heteroatoms. The average Bonchev–Trinajstić information content (AvgIpc) is 3.12. The van der Waals surface area contributed by atoms with Crippen LogP contribution >= 0.6 is 0 Å². The summed E-state index contributed by atoms with van der Waals surface area (Å²) in [5, 5.41) is 33.6. The molecule has 2 bridgehead atoms. The van der Waals surface area contributed by atoms with Gasteiger partial charge in [0.05, 0.1) is 25.7 Å². The first-order chi connectivity index (χ1) is 17.3. The van der Waals surface area contributed by atoms with Crippen molar-refractivity contribution >= 4 is 23.7 Å². The molecule has 0 aromatic rings. The standard InChI is InChI=1S/C26H32O11/c1-10(2)6-15(28)37-18-20-25-9-35-26(20,23(33)34-5)21(31)17(30)19(25)24(4)8-13(27)16(29)11(3)12(24)7-14(25)36-22(18)32/h8,10,14,17-21,27,30-31H,6-7,9H2,1-5H3/t14-,17?,18?,19-,20-,21?,24+,25-,26+/m1/s1. The van der Waals surface area contributed by atoms with Crippen LogP contribution in [0.3, 0.4) is 0 Å². The molecule has 5 aliphatic rings. The molecule has 1 spiro atoms. The van der Waals surface area contributed by atoms with Gasteiger partial charge >= 0.3 is 17.9 Å². The number of Topliss-reactive ketones (excluding diaryl/α,β-unsaturated/α-hetero) is 1. The lowest BCUT2D eigenvalue weighted by atomic mass is 9.40. The third-order valence-electron chi connectivity index (χ3n) is 9.16. The Hall–Kier alpha value is -2.76. The quantitative estimate of drug-likeness (QED) is 0.349. The highest BCUT2D eigenvalue weighted by Crippen LogP contribution is 2.71. The number of hydrogen-bond acceptors (Lipinski definition) is 11. The largest absolute Gasteiger partial charge is 0.504 e. The molecule has 2 aliphatic heterocycles. The van der Waals surface area contributed by atoms with E-state index in [1.54, 1.807) is 27.7 Å². The van der Waals surface area contributed by atoms with Gasteiger partial charge in [-0.3, -0.25) is 9.59 Å². The van der Waals surface area contributed by atoms with Gasteiger partial charge in [0.25, 0.3) is 0 Å². The fourth-order valence-electron chi connectivity index (χ4n) is 7.84. The van der Waals surface area contributed by atoms with Gasteiger partial charge < -0.3 is 34.3 Å². The summed E-state index contributed by atoms with van der Waals surface area (Å²) >= 11 is 0. The maximum atomic E-state index is 13.4. The summed E-state index contributed by atoms with van der Waals surface area (Å²) in [5.41, 5.74) is -3.92. The molecule has 2 saturated carbocycles. The van der Waals surface area contributed by atoms with Crippen LogP contribution < -0.4 is 0 Å². The molecule has 2 saturated heterocycles. The van der Waals surface area contributed by atoms with E-state index in [1.807, 2.05) is 0 Å². The van der Waals surface area contributed by atoms with E-state index in [0.717, 1.165) is 7.11 Å². The molecule has 0 aromatic carbocycles. The zero-order chi connectivity index (χ0) is 27.2. The van der Waals surface area contributed by atoms with Crippen molar-refractivity contribution in [2.45, 2.75) is 70.6 Å². The molecule has 3 unspecified atom stereocenters. The number of methoxy groups -OCH3 is 1. The minimum atomic E-state index is -2.21. The molecule has 3 aliphatic carbocycles. The van der Waals surface area contributed by atoms with Gasteiger partial charge in [0.1, 0.15) is 12.2 Å². The fourth-order valence-corrected chi connectivity index (χ4v) is 7.84. The third kappa shape index (κ3) is 3.04. The molecule has 5 rings (SSSR count). The first kappa shape index (κ1) is 25.9. The second kappa shape index (κ2) is 8.12. The van der Waals surface area contributed by atoms with Crippen LogP contribution in [0.2, 0.25) is 0 Å². The third-order valence-corrected chi connectivity index (χ3v) is 9.16. The van der Waals surface area contributed by atoms with Gasteiger partial charge in [-0.05, 0) is 24.5 Å². The molecule has 0 aromatic heterocycles. The summed E-state index contributed by atoms with van der Waals surface area (Å²) in [4.78, 5) is 52.0. The molecular weight excluding hydrogens is 488 g/mol. The molecule has 11 nitrogen and oxygen atoms in total.